The van der Waals surface area contributed by atoms with E-state index in [4.69, 9.17) is 4.74 Å². The number of carbonyl (C=O) groups excluding carboxylic acids is 1. The topological polar surface area (TPSA) is 50.4 Å². The molecule has 0 spiro atoms. The summed E-state index contributed by atoms with van der Waals surface area (Å²) in [7, 11) is 1.64. The number of amides is 1. The zero-order chi connectivity index (χ0) is 14.1. The van der Waals surface area contributed by atoms with Crippen molar-refractivity contribution in [2.45, 2.75) is 40.7 Å². The zero-order valence-corrected chi connectivity index (χ0v) is 12.7. The Bertz CT molecular complexity index is 222. The molecule has 0 heterocycles. The second-order valence-electron chi connectivity index (χ2n) is 5.71. The molecule has 0 aromatic carbocycles. The Morgan fingerprint density at radius 3 is 2.11 bits per heavy atom. The van der Waals surface area contributed by atoms with Gasteiger partial charge in [-0.05, 0) is 31.2 Å². The molecule has 0 saturated heterocycles. The lowest BCUT2D eigenvalue weighted by atomic mass is 9.85. The SMILES string of the molecule is COCC(C)NC(=O)CNCC(C(C)C)C(C)C. The maximum atomic E-state index is 11.6. The van der Waals surface area contributed by atoms with Crippen molar-refractivity contribution in [1.29, 1.82) is 0 Å². The van der Waals surface area contributed by atoms with Crippen LogP contribution in [0.25, 0.3) is 0 Å². The van der Waals surface area contributed by atoms with Crippen molar-refractivity contribution in [2.75, 3.05) is 26.8 Å². The highest BCUT2D eigenvalue weighted by Crippen LogP contribution is 2.19. The van der Waals surface area contributed by atoms with Gasteiger partial charge in [-0.3, -0.25) is 4.79 Å². The van der Waals surface area contributed by atoms with Gasteiger partial charge in [0.2, 0.25) is 5.91 Å². The first-order valence-corrected chi connectivity index (χ1v) is 6.87. The number of nitrogens with one attached hydrogen (secondary N) is 2. The summed E-state index contributed by atoms with van der Waals surface area (Å²) in [6.07, 6.45) is 0. The predicted molar refractivity (Wildman–Crippen MR) is 75.5 cm³/mol. The van der Waals surface area contributed by atoms with Crippen LogP contribution in [-0.2, 0) is 9.53 Å². The molecule has 1 unspecified atom stereocenters. The molecule has 0 aromatic rings. The van der Waals surface area contributed by atoms with Crippen LogP contribution < -0.4 is 10.6 Å². The first kappa shape index (κ1) is 17.4. The van der Waals surface area contributed by atoms with Crippen LogP contribution in [0, 0.1) is 17.8 Å². The number of hydrogen-bond donors (Lipinski definition) is 2. The first-order valence-electron chi connectivity index (χ1n) is 6.87. The van der Waals surface area contributed by atoms with Gasteiger partial charge in [-0.2, -0.15) is 0 Å². The van der Waals surface area contributed by atoms with Gasteiger partial charge in [0, 0.05) is 13.2 Å². The molecule has 0 aromatic heterocycles. The molecule has 108 valence electrons. The van der Waals surface area contributed by atoms with Crippen molar-refractivity contribution in [2.24, 2.45) is 17.8 Å². The summed E-state index contributed by atoms with van der Waals surface area (Å²) in [5.74, 6) is 1.90. The Labute approximate surface area is 112 Å². The summed E-state index contributed by atoms with van der Waals surface area (Å²) in [6, 6.07) is 0.0651. The molecule has 0 bridgehead atoms. The number of rotatable bonds is 9. The Morgan fingerprint density at radius 1 is 1.11 bits per heavy atom. The molecule has 0 aliphatic rings. The van der Waals surface area contributed by atoms with Crippen LogP contribution in [0.1, 0.15) is 34.6 Å². The summed E-state index contributed by atoms with van der Waals surface area (Å²) < 4.78 is 4.97. The summed E-state index contributed by atoms with van der Waals surface area (Å²) in [5.41, 5.74) is 0. The van der Waals surface area contributed by atoms with Crippen LogP contribution in [0.15, 0.2) is 0 Å². The molecule has 1 atom stereocenters. The highest BCUT2D eigenvalue weighted by Gasteiger charge is 2.17. The summed E-state index contributed by atoms with van der Waals surface area (Å²) in [4.78, 5) is 11.6. The van der Waals surface area contributed by atoms with E-state index in [1.54, 1.807) is 7.11 Å². The molecule has 0 radical (unpaired) electrons. The Morgan fingerprint density at radius 2 is 1.67 bits per heavy atom. The van der Waals surface area contributed by atoms with Gasteiger partial charge in [0.15, 0.2) is 0 Å². The molecule has 0 aliphatic carbocycles. The quantitative estimate of drug-likeness (QED) is 0.661. The van der Waals surface area contributed by atoms with Crippen molar-refractivity contribution >= 4 is 5.91 Å². The molecule has 4 nitrogen and oxygen atoms in total. The zero-order valence-electron chi connectivity index (χ0n) is 12.7. The van der Waals surface area contributed by atoms with E-state index < -0.39 is 0 Å². The normalized spacial score (nSPS) is 13.4. The van der Waals surface area contributed by atoms with Gasteiger partial charge in [0.1, 0.15) is 0 Å². The van der Waals surface area contributed by atoms with Gasteiger partial charge in [-0.25, -0.2) is 0 Å². The maximum absolute atomic E-state index is 11.6. The van der Waals surface area contributed by atoms with E-state index in [1.807, 2.05) is 6.92 Å². The standard InChI is InChI=1S/C14H30N2O2/c1-10(2)13(11(3)4)7-15-8-14(17)16-12(5)9-18-6/h10-13,15H,7-9H2,1-6H3,(H,16,17). The number of ether oxygens (including phenoxy) is 1. The summed E-state index contributed by atoms with van der Waals surface area (Å²) in [5, 5.41) is 6.13. The van der Waals surface area contributed by atoms with E-state index in [1.165, 1.54) is 0 Å². The van der Waals surface area contributed by atoms with E-state index in [2.05, 4.69) is 38.3 Å². The molecule has 0 rings (SSSR count). The van der Waals surface area contributed by atoms with Crippen LogP contribution in [0.4, 0.5) is 0 Å². The largest absolute Gasteiger partial charge is 0.383 e. The average Bonchev–Trinajstić information content (AvgIpc) is 2.23. The lowest BCUT2D eigenvalue weighted by molar-refractivity contribution is -0.121. The molecule has 0 aliphatic heterocycles. The fraction of sp³-hybridized carbons (Fsp3) is 0.929. The van der Waals surface area contributed by atoms with E-state index in [-0.39, 0.29) is 11.9 Å². The molecule has 4 heteroatoms. The van der Waals surface area contributed by atoms with Gasteiger partial charge in [-0.15, -0.1) is 0 Å². The van der Waals surface area contributed by atoms with Gasteiger partial charge >= 0.3 is 0 Å². The van der Waals surface area contributed by atoms with Crippen LogP contribution in [-0.4, -0.2) is 38.8 Å². The number of hydrogen-bond acceptors (Lipinski definition) is 3. The maximum Gasteiger partial charge on any atom is 0.234 e. The third-order valence-electron chi connectivity index (χ3n) is 3.20. The first-order chi connectivity index (χ1) is 8.38. The summed E-state index contributed by atoms with van der Waals surface area (Å²) >= 11 is 0. The molecule has 1 amide bonds. The molecule has 2 N–H and O–H groups in total. The third kappa shape index (κ3) is 7.67. The molecule has 0 fully saturated rings. The average molecular weight is 258 g/mol. The van der Waals surface area contributed by atoms with Gasteiger partial charge in [0.05, 0.1) is 13.2 Å². The molecule has 0 saturated carbocycles. The Hall–Kier alpha value is -0.610. The molecule has 18 heavy (non-hydrogen) atoms. The lowest BCUT2D eigenvalue weighted by Gasteiger charge is -2.25. The van der Waals surface area contributed by atoms with Crippen molar-refractivity contribution in [3.8, 4) is 0 Å². The summed E-state index contributed by atoms with van der Waals surface area (Å²) in [6.45, 7) is 12.7. The van der Waals surface area contributed by atoms with Crippen molar-refractivity contribution in [3.05, 3.63) is 0 Å². The van der Waals surface area contributed by atoms with Crippen LogP contribution in [0.2, 0.25) is 0 Å². The second kappa shape index (κ2) is 9.34. The van der Waals surface area contributed by atoms with E-state index in [0.29, 0.717) is 30.9 Å². The number of methoxy groups -OCH3 is 1. The van der Waals surface area contributed by atoms with Crippen LogP contribution >= 0.6 is 0 Å². The highest BCUT2D eigenvalue weighted by molar-refractivity contribution is 5.78. The fourth-order valence-corrected chi connectivity index (χ4v) is 2.21. The van der Waals surface area contributed by atoms with Crippen molar-refractivity contribution < 1.29 is 9.53 Å². The second-order valence-corrected chi connectivity index (χ2v) is 5.71. The van der Waals surface area contributed by atoms with E-state index in [0.717, 1.165) is 6.54 Å². The predicted octanol–water partition coefficient (Wildman–Crippen LogP) is 1.66. The Balaban J connectivity index is 3.85. The Kier molecular flexibility index (Phi) is 9.02. The van der Waals surface area contributed by atoms with Gasteiger partial charge < -0.3 is 15.4 Å². The molecular weight excluding hydrogens is 228 g/mol. The third-order valence-corrected chi connectivity index (χ3v) is 3.20. The minimum atomic E-state index is 0.0332. The van der Waals surface area contributed by atoms with Crippen LogP contribution in [0.5, 0.6) is 0 Å². The van der Waals surface area contributed by atoms with Crippen LogP contribution in [0.3, 0.4) is 0 Å². The van der Waals surface area contributed by atoms with E-state index >= 15 is 0 Å². The number of carbonyl (C=O) groups is 1. The van der Waals surface area contributed by atoms with Gasteiger partial charge in [-0.1, -0.05) is 27.7 Å². The molecular formula is C14H30N2O2. The van der Waals surface area contributed by atoms with Crippen molar-refractivity contribution in [3.63, 3.8) is 0 Å². The minimum Gasteiger partial charge on any atom is -0.383 e. The highest BCUT2D eigenvalue weighted by atomic mass is 16.5. The smallest absolute Gasteiger partial charge is 0.234 e. The fourth-order valence-electron chi connectivity index (χ4n) is 2.21. The monoisotopic (exact) mass is 258 g/mol. The minimum absolute atomic E-state index is 0.0332. The lowest BCUT2D eigenvalue weighted by Crippen LogP contribution is -2.42. The van der Waals surface area contributed by atoms with Gasteiger partial charge in [0.25, 0.3) is 0 Å². The van der Waals surface area contributed by atoms with Crippen molar-refractivity contribution in [1.82, 2.24) is 10.6 Å². The van der Waals surface area contributed by atoms with E-state index in [9.17, 15) is 4.79 Å².